The van der Waals surface area contributed by atoms with Crippen molar-refractivity contribution in [2.24, 2.45) is 23.5 Å². The fraction of sp³-hybridized carbons (Fsp3) is 0.474. The summed E-state index contributed by atoms with van der Waals surface area (Å²) in [7, 11) is 1.73. The molecule has 2 N–H and O–H groups in total. The van der Waals surface area contributed by atoms with Gasteiger partial charge in [0, 0.05) is 11.4 Å². The molecule has 110 valence electrons. The average Bonchev–Trinajstić information content (AvgIpc) is 3.16. The fourth-order valence-corrected chi connectivity index (χ4v) is 4.73. The van der Waals surface area contributed by atoms with Crippen molar-refractivity contribution < 1.29 is 4.74 Å². The van der Waals surface area contributed by atoms with Gasteiger partial charge in [-0.25, -0.2) is 0 Å². The van der Waals surface area contributed by atoms with E-state index in [1.807, 2.05) is 0 Å². The lowest BCUT2D eigenvalue weighted by atomic mass is 9.80. The van der Waals surface area contributed by atoms with Crippen LogP contribution in [0.15, 0.2) is 36.4 Å². The van der Waals surface area contributed by atoms with Crippen LogP contribution in [-0.4, -0.2) is 7.11 Å². The third kappa shape index (κ3) is 2.04. The lowest BCUT2D eigenvalue weighted by molar-refractivity contribution is 0.285. The van der Waals surface area contributed by atoms with Gasteiger partial charge < -0.3 is 10.5 Å². The Bertz CT molecular complexity index is 666. The summed E-state index contributed by atoms with van der Waals surface area (Å²) in [6.45, 7) is 0. The lowest BCUT2D eigenvalue weighted by Crippen LogP contribution is -2.26. The van der Waals surface area contributed by atoms with Crippen molar-refractivity contribution in [3.05, 3.63) is 42.0 Å². The van der Waals surface area contributed by atoms with Gasteiger partial charge in [-0.2, -0.15) is 0 Å². The van der Waals surface area contributed by atoms with Gasteiger partial charge in [0.05, 0.1) is 7.11 Å². The van der Waals surface area contributed by atoms with E-state index < -0.39 is 0 Å². The first kappa shape index (κ1) is 13.1. The summed E-state index contributed by atoms with van der Waals surface area (Å²) in [6, 6.07) is 12.9. The van der Waals surface area contributed by atoms with Gasteiger partial charge in [0.25, 0.3) is 0 Å². The highest BCUT2D eigenvalue weighted by Gasteiger charge is 2.42. The van der Waals surface area contributed by atoms with Gasteiger partial charge in [-0.15, -0.1) is 0 Å². The van der Waals surface area contributed by atoms with Crippen molar-refractivity contribution >= 4 is 10.8 Å². The molecule has 4 unspecified atom stereocenters. The second-order valence-electron chi connectivity index (χ2n) is 6.77. The first-order valence-corrected chi connectivity index (χ1v) is 8.09. The predicted molar refractivity (Wildman–Crippen MR) is 86.4 cm³/mol. The number of hydrogen-bond donors (Lipinski definition) is 1. The maximum absolute atomic E-state index is 6.70. The number of benzene rings is 2. The number of methoxy groups -OCH3 is 1. The quantitative estimate of drug-likeness (QED) is 0.911. The van der Waals surface area contributed by atoms with E-state index in [2.05, 4.69) is 36.4 Å². The standard InChI is InChI=1S/C19H23NO/c1-21-18-9-8-16(14-4-2-3-5-15(14)18)19(20)17-11-12-6-7-13(17)10-12/h2-5,8-9,12-13,17,19H,6-7,10-11,20H2,1H3. The number of fused-ring (bicyclic) bond motifs is 3. The molecule has 0 aliphatic heterocycles. The number of hydrogen-bond acceptors (Lipinski definition) is 2. The predicted octanol–water partition coefficient (Wildman–Crippen LogP) is 4.28. The molecule has 21 heavy (non-hydrogen) atoms. The van der Waals surface area contributed by atoms with Gasteiger partial charge in [0.1, 0.15) is 5.75 Å². The van der Waals surface area contributed by atoms with Gasteiger partial charge in [-0.3, -0.25) is 0 Å². The molecular weight excluding hydrogens is 258 g/mol. The zero-order chi connectivity index (χ0) is 14.4. The van der Waals surface area contributed by atoms with Crippen molar-refractivity contribution in [2.45, 2.75) is 31.7 Å². The Hall–Kier alpha value is -1.54. The summed E-state index contributed by atoms with van der Waals surface area (Å²) in [4.78, 5) is 0. The minimum Gasteiger partial charge on any atom is -0.496 e. The molecule has 0 heterocycles. The molecule has 2 nitrogen and oxygen atoms in total. The van der Waals surface area contributed by atoms with Crippen LogP contribution in [0.2, 0.25) is 0 Å². The van der Waals surface area contributed by atoms with E-state index in [1.54, 1.807) is 7.11 Å². The SMILES string of the molecule is COc1ccc(C(N)C2CC3CCC2C3)c2ccccc12. The smallest absolute Gasteiger partial charge is 0.126 e. The molecule has 2 bridgehead atoms. The Morgan fingerprint density at radius 2 is 1.86 bits per heavy atom. The Balaban J connectivity index is 1.76. The van der Waals surface area contributed by atoms with E-state index >= 15 is 0 Å². The third-order valence-electron chi connectivity index (χ3n) is 5.75. The van der Waals surface area contributed by atoms with Crippen molar-refractivity contribution in [3.63, 3.8) is 0 Å². The highest BCUT2D eigenvalue weighted by atomic mass is 16.5. The van der Waals surface area contributed by atoms with Crippen molar-refractivity contribution in [3.8, 4) is 5.75 Å². The zero-order valence-electron chi connectivity index (χ0n) is 12.6. The summed E-state index contributed by atoms with van der Waals surface area (Å²) in [6.07, 6.45) is 5.55. The molecule has 0 radical (unpaired) electrons. The largest absolute Gasteiger partial charge is 0.496 e. The molecule has 0 spiro atoms. The second kappa shape index (κ2) is 5.03. The first-order valence-electron chi connectivity index (χ1n) is 8.09. The molecule has 2 aliphatic carbocycles. The van der Waals surface area contributed by atoms with E-state index in [0.717, 1.165) is 17.6 Å². The van der Waals surface area contributed by atoms with Crippen LogP contribution in [0.4, 0.5) is 0 Å². The molecule has 4 rings (SSSR count). The zero-order valence-corrected chi connectivity index (χ0v) is 12.6. The van der Waals surface area contributed by atoms with E-state index in [0.29, 0.717) is 5.92 Å². The van der Waals surface area contributed by atoms with Crippen molar-refractivity contribution in [2.75, 3.05) is 7.11 Å². The summed E-state index contributed by atoms with van der Waals surface area (Å²) in [5.74, 6) is 3.40. The Morgan fingerprint density at radius 3 is 2.52 bits per heavy atom. The van der Waals surface area contributed by atoms with Gasteiger partial charge >= 0.3 is 0 Å². The maximum Gasteiger partial charge on any atom is 0.126 e. The van der Waals surface area contributed by atoms with Gasteiger partial charge in [0.15, 0.2) is 0 Å². The summed E-state index contributed by atoms with van der Waals surface area (Å²) in [5.41, 5.74) is 8.00. The van der Waals surface area contributed by atoms with Crippen LogP contribution in [-0.2, 0) is 0 Å². The molecule has 2 aromatic carbocycles. The lowest BCUT2D eigenvalue weighted by Gasteiger charge is -2.29. The molecule has 2 aromatic rings. The van der Waals surface area contributed by atoms with E-state index in [9.17, 15) is 0 Å². The molecule has 2 saturated carbocycles. The highest BCUT2D eigenvalue weighted by molar-refractivity contribution is 5.91. The van der Waals surface area contributed by atoms with E-state index in [1.165, 1.54) is 42.0 Å². The maximum atomic E-state index is 6.70. The van der Waals surface area contributed by atoms with Crippen LogP contribution in [0.3, 0.4) is 0 Å². The van der Waals surface area contributed by atoms with Crippen LogP contribution in [0.1, 0.15) is 37.3 Å². The van der Waals surface area contributed by atoms with Crippen LogP contribution in [0.5, 0.6) is 5.75 Å². The molecule has 0 saturated heterocycles. The summed E-state index contributed by atoms with van der Waals surface area (Å²) < 4.78 is 5.50. The Labute approximate surface area is 126 Å². The normalized spacial score (nSPS) is 29.0. The third-order valence-corrected chi connectivity index (χ3v) is 5.75. The van der Waals surface area contributed by atoms with E-state index in [-0.39, 0.29) is 6.04 Å². The van der Waals surface area contributed by atoms with Crippen LogP contribution in [0, 0.1) is 17.8 Å². The molecule has 0 amide bonds. The second-order valence-corrected chi connectivity index (χ2v) is 6.77. The number of nitrogens with two attached hydrogens (primary N) is 1. The van der Waals surface area contributed by atoms with Gasteiger partial charge in [-0.1, -0.05) is 36.8 Å². The van der Waals surface area contributed by atoms with Crippen LogP contribution < -0.4 is 10.5 Å². The molecule has 2 heteroatoms. The van der Waals surface area contributed by atoms with Gasteiger partial charge in [-0.05, 0) is 54.0 Å². The number of rotatable bonds is 3. The van der Waals surface area contributed by atoms with Crippen LogP contribution in [0.25, 0.3) is 10.8 Å². The molecule has 2 fully saturated rings. The Kier molecular flexibility index (Phi) is 3.15. The first-order chi connectivity index (χ1) is 10.3. The topological polar surface area (TPSA) is 35.2 Å². The molecule has 2 aliphatic rings. The monoisotopic (exact) mass is 281 g/mol. The molecule has 4 atom stereocenters. The van der Waals surface area contributed by atoms with Crippen LogP contribution >= 0.6 is 0 Å². The van der Waals surface area contributed by atoms with Crippen molar-refractivity contribution in [1.29, 1.82) is 0 Å². The minimum atomic E-state index is 0.163. The fourth-order valence-electron chi connectivity index (χ4n) is 4.73. The van der Waals surface area contributed by atoms with E-state index in [4.69, 9.17) is 10.5 Å². The summed E-state index contributed by atoms with van der Waals surface area (Å²) in [5, 5.41) is 2.43. The highest BCUT2D eigenvalue weighted by Crippen LogP contribution is 2.52. The van der Waals surface area contributed by atoms with Crippen molar-refractivity contribution in [1.82, 2.24) is 0 Å². The van der Waals surface area contributed by atoms with Gasteiger partial charge in [0.2, 0.25) is 0 Å². The molecular formula is C19H23NO. The minimum absolute atomic E-state index is 0.163. The summed E-state index contributed by atoms with van der Waals surface area (Å²) >= 11 is 0. The average molecular weight is 281 g/mol. The Morgan fingerprint density at radius 1 is 1.05 bits per heavy atom. The number of ether oxygens (including phenoxy) is 1. The molecule has 0 aromatic heterocycles.